The van der Waals surface area contributed by atoms with Crippen molar-refractivity contribution in [2.75, 3.05) is 6.54 Å². The monoisotopic (exact) mass is 268 g/mol. The Labute approximate surface area is 119 Å². The molecule has 0 spiro atoms. The molecule has 1 rings (SSSR count). The predicted octanol–water partition coefficient (Wildman–Crippen LogP) is 4.02. The van der Waals surface area contributed by atoms with Gasteiger partial charge in [-0.2, -0.15) is 0 Å². The fourth-order valence-corrected chi connectivity index (χ4v) is 1.52. The number of hydrogen-bond donors (Lipinski definition) is 1. The third-order valence-corrected chi connectivity index (χ3v) is 2.34. The van der Waals surface area contributed by atoms with Crippen LogP contribution in [0.2, 0.25) is 0 Å². The maximum atomic E-state index is 8.62. The second-order valence-electron chi connectivity index (χ2n) is 5.18. The second-order valence-corrected chi connectivity index (χ2v) is 5.18. The van der Waals surface area contributed by atoms with Crippen LogP contribution in [0.1, 0.15) is 32.4 Å². The highest BCUT2D eigenvalue weighted by atomic mass is 15.1. The molecule has 0 aliphatic carbocycles. The molecule has 5 nitrogen and oxygen atoms in total. The smallest absolute Gasteiger partial charge is 0.284 e. The highest BCUT2D eigenvalue weighted by Gasteiger charge is 2.22. The number of nitrogens with zero attached hydrogens (tertiary/aromatic N) is 4. The van der Waals surface area contributed by atoms with Crippen LogP contribution in [0.3, 0.4) is 0 Å². The largest absolute Gasteiger partial charge is 0.297 e. The van der Waals surface area contributed by atoms with Gasteiger partial charge in [0.05, 0.1) is 6.54 Å². The van der Waals surface area contributed by atoms with Crippen LogP contribution in [0.15, 0.2) is 29.4 Å². The molecule has 5 heteroatoms. The van der Waals surface area contributed by atoms with Crippen molar-refractivity contribution < 1.29 is 0 Å². The minimum Gasteiger partial charge on any atom is -0.284 e. The standard InChI is InChI=1S/C15H18N5/c1-5-10-17-14(11-18-15(2,3)4)12-8-6-7-9-13(12)19-20-16/h1,6-9,14,17H,10H2,2-4H3/q+1. The van der Waals surface area contributed by atoms with Crippen LogP contribution >= 0.6 is 0 Å². The van der Waals surface area contributed by atoms with Gasteiger partial charge in [0.2, 0.25) is 0 Å². The van der Waals surface area contributed by atoms with Crippen molar-refractivity contribution in [2.24, 2.45) is 5.11 Å². The lowest BCUT2D eigenvalue weighted by atomic mass is 10.1. The summed E-state index contributed by atoms with van der Waals surface area (Å²) in [5.41, 5.74) is 9.73. The van der Waals surface area contributed by atoms with E-state index in [0.717, 1.165) is 5.56 Å². The van der Waals surface area contributed by atoms with E-state index >= 15 is 0 Å². The first-order valence-electron chi connectivity index (χ1n) is 6.26. The van der Waals surface area contributed by atoms with Gasteiger partial charge in [-0.15, -0.1) is 6.42 Å². The van der Waals surface area contributed by atoms with E-state index in [4.69, 9.17) is 12.0 Å². The van der Waals surface area contributed by atoms with E-state index in [0.29, 0.717) is 12.2 Å². The van der Waals surface area contributed by atoms with Gasteiger partial charge in [0.25, 0.3) is 11.6 Å². The summed E-state index contributed by atoms with van der Waals surface area (Å²) in [6, 6.07) is 10.0. The van der Waals surface area contributed by atoms with Crippen LogP contribution in [0.25, 0.3) is 15.3 Å². The van der Waals surface area contributed by atoms with Crippen LogP contribution in [-0.2, 0) is 0 Å². The van der Waals surface area contributed by atoms with Crippen LogP contribution in [0, 0.1) is 18.4 Å². The van der Waals surface area contributed by atoms with Crippen LogP contribution < -0.4 is 5.32 Å². The summed E-state index contributed by atoms with van der Waals surface area (Å²) in [4.78, 5) is 7.21. The Bertz CT molecular complexity index is 604. The van der Waals surface area contributed by atoms with E-state index < -0.39 is 0 Å². The maximum Gasteiger partial charge on any atom is 0.297 e. The summed E-state index contributed by atoms with van der Waals surface area (Å²) in [5.74, 6) is 2.52. The predicted molar refractivity (Wildman–Crippen MR) is 81.8 cm³/mol. The highest BCUT2D eigenvalue weighted by Crippen LogP contribution is 2.25. The fraction of sp³-hybridized carbons (Fsp3) is 0.400. The Hall–Kier alpha value is -2.46. The number of azide groups is 1. The molecule has 1 aromatic rings. The van der Waals surface area contributed by atoms with E-state index in [9.17, 15) is 0 Å². The third kappa shape index (κ3) is 5.04. The van der Waals surface area contributed by atoms with Crippen LogP contribution in [-0.4, -0.2) is 12.1 Å². The maximum absolute atomic E-state index is 8.62. The molecule has 0 heterocycles. The van der Waals surface area contributed by atoms with E-state index in [2.05, 4.69) is 32.2 Å². The molecule has 0 aliphatic rings. The molecule has 1 N–H and O–H groups in total. The Kier molecular flexibility index (Phi) is 5.62. The second kappa shape index (κ2) is 7.21. The first kappa shape index (κ1) is 15.6. The quantitative estimate of drug-likeness (QED) is 0.381. The lowest BCUT2D eigenvalue weighted by molar-refractivity contribution is 0.666. The molecule has 0 bridgehead atoms. The number of terminal acetylenes is 1. The van der Waals surface area contributed by atoms with E-state index in [1.807, 2.05) is 39.0 Å². The summed E-state index contributed by atoms with van der Waals surface area (Å²) < 4.78 is 0. The van der Waals surface area contributed by atoms with Crippen molar-refractivity contribution in [3.8, 4) is 18.4 Å². The van der Waals surface area contributed by atoms with Gasteiger partial charge in [-0.05, 0) is 11.1 Å². The summed E-state index contributed by atoms with van der Waals surface area (Å²) in [6.07, 6.45) is 5.28. The van der Waals surface area contributed by atoms with Gasteiger partial charge in [0.1, 0.15) is 0 Å². The lowest BCUT2D eigenvalue weighted by Crippen LogP contribution is -2.21. The molecular weight excluding hydrogens is 250 g/mol. The van der Waals surface area contributed by atoms with Crippen molar-refractivity contribution in [2.45, 2.75) is 32.4 Å². The Balaban J connectivity index is 3.20. The zero-order chi connectivity index (χ0) is 15.0. The zero-order valence-electron chi connectivity index (χ0n) is 12.0. The Morgan fingerprint density at radius 1 is 1.40 bits per heavy atom. The Morgan fingerprint density at radius 3 is 2.70 bits per heavy atom. The molecule has 1 unspecified atom stereocenters. The average molecular weight is 268 g/mol. The van der Waals surface area contributed by atoms with Crippen LogP contribution in [0.5, 0.6) is 0 Å². The molecule has 102 valence electrons. The summed E-state index contributed by atoms with van der Waals surface area (Å²) in [5, 5.41) is 6.82. The molecule has 1 aromatic carbocycles. The van der Waals surface area contributed by atoms with E-state index in [-0.39, 0.29) is 11.6 Å². The lowest BCUT2D eigenvalue weighted by Gasteiger charge is -2.10. The summed E-state index contributed by atoms with van der Waals surface area (Å²) >= 11 is 0. The van der Waals surface area contributed by atoms with Gasteiger partial charge in [-0.3, -0.25) is 5.32 Å². The molecular formula is C15H18N5+. The van der Waals surface area contributed by atoms with Crippen LogP contribution in [0.4, 0.5) is 5.69 Å². The minimum absolute atomic E-state index is 0.233. The van der Waals surface area contributed by atoms with Gasteiger partial charge >= 0.3 is 0 Å². The highest BCUT2D eigenvalue weighted by molar-refractivity contribution is 5.49. The van der Waals surface area contributed by atoms with E-state index in [1.54, 1.807) is 6.07 Å². The van der Waals surface area contributed by atoms with Crippen molar-refractivity contribution in [1.82, 2.24) is 5.32 Å². The number of rotatable bonds is 4. The molecule has 20 heavy (non-hydrogen) atoms. The molecule has 0 aromatic heterocycles. The van der Waals surface area contributed by atoms with E-state index in [1.165, 1.54) is 0 Å². The van der Waals surface area contributed by atoms with Crippen molar-refractivity contribution in [1.29, 1.82) is 0 Å². The van der Waals surface area contributed by atoms with Gasteiger partial charge < -0.3 is 0 Å². The van der Waals surface area contributed by atoms with Gasteiger partial charge in [0, 0.05) is 31.4 Å². The molecule has 1 atom stereocenters. The topological polar surface area (TPSA) is 65.2 Å². The van der Waals surface area contributed by atoms with Gasteiger partial charge in [-0.25, -0.2) is 0 Å². The van der Waals surface area contributed by atoms with Gasteiger partial charge in [-0.1, -0.05) is 40.1 Å². The molecule has 0 radical (unpaired) electrons. The number of nitrogens with one attached hydrogen (secondary N) is 1. The fourth-order valence-electron chi connectivity index (χ4n) is 1.52. The van der Waals surface area contributed by atoms with Crippen molar-refractivity contribution >= 4 is 5.69 Å². The average Bonchev–Trinajstić information content (AvgIpc) is 2.39. The normalized spacial score (nSPS) is 11.5. The molecule has 0 fully saturated rings. The molecule has 0 amide bonds. The minimum atomic E-state index is -0.313. The van der Waals surface area contributed by atoms with Crippen molar-refractivity contribution in [3.05, 3.63) is 45.1 Å². The zero-order valence-corrected chi connectivity index (χ0v) is 12.0. The first-order chi connectivity index (χ1) is 9.48. The molecule has 0 saturated heterocycles. The number of benzene rings is 1. The molecule has 0 aliphatic heterocycles. The van der Waals surface area contributed by atoms with Gasteiger partial charge in [0.15, 0.2) is 6.04 Å². The number of hydrogen-bond acceptors (Lipinski definition) is 2. The SMILES string of the molecule is C#CCNC(C#[N+]C(C)(C)C)c1ccccc1N=[N+]=[N-]. The first-order valence-corrected chi connectivity index (χ1v) is 6.26. The van der Waals surface area contributed by atoms with Crippen molar-refractivity contribution in [3.63, 3.8) is 0 Å². The molecule has 0 saturated carbocycles. The Morgan fingerprint density at radius 2 is 2.10 bits per heavy atom. The third-order valence-electron chi connectivity index (χ3n) is 2.34. The summed E-state index contributed by atoms with van der Waals surface area (Å²) in [6.45, 7) is 6.33. The summed E-state index contributed by atoms with van der Waals surface area (Å²) in [7, 11) is 0.